The predicted molar refractivity (Wildman–Crippen MR) is 104 cm³/mol. The average Bonchev–Trinajstić information content (AvgIpc) is 3.01. The third kappa shape index (κ3) is 3.85. The standard InChI is InChI=1S/C20H18ClN3O3/c1-3-24-18(20(26)27)17(16(23-24)13-7-9-15(21)10-8-13)22-19(25)14-6-4-5-12(2)11-14/h4-11H,3H2,1-2H3,(H,22,25)(H,26,27). The lowest BCUT2D eigenvalue weighted by atomic mass is 10.1. The Morgan fingerprint density at radius 3 is 2.48 bits per heavy atom. The van der Waals surface area contributed by atoms with Crippen LogP contribution in [0.3, 0.4) is 0 Å². The summed E-state index contributed by atoms with van der Waals surface area (Å²) in [4.78, 5) is 24.6. The Morgan fingerprint density at radius 2 is 1.89 bits per heavy atom. The zero-order valence-electron chi connectivity index (χ0n) is 14.9. The minimum absolute atomic E-state index is 0.0662. The number of aromatic nitrogens is 2. The molecule has 1 heterocycles. The summed E-state index contributed by atoms with van der Waals surface area (Å²) in [7, 11) is 0. The molecule has 0 radical (unpaired) electrons. The Labute approximate surface area is 161 Å². The number of rotatable bonds is 5. The fourth-order valence-electron chi connectivity index (χ4n) is 2.81. The summed E-state index contributed by atoms with van der Waals surface area (Å²) in [6.07, 6.45) is 0. The highest BCUT2D eigenvalue weighted by Crippen LogP contribution is 2.32. The number of carboxylic acid groups (broad SMARTS) is 1. The molecule has 2 aromatic carbocycles. The van der Waals surface area contributed by atoms with Crippen molar-refractivity contribution in [1.29, 1.82) is 0 Å². The molecule has 0 aliphatic carbocycles. The molecule has 0 saturated carbocycles. The van der Waals surface area contributed by atoms with Crippen molar-refractivity contribution in [2.45, 2.75) is 20.4 Å². The van der Waals surface area contributed by atoms with E-state index in [4.69, 9.17) is 11.6 Å². The minimum atomic E-state index is -1.16. The summed E-state index contributed by atoms with van der Waals surface area (Å²) in [6.45, 7) is 4.02. The zero-order chi connectivity index (χ0) is 19.6. The van der Waals surface area contributed by atoms with Gasteiger partial charge in [0.2, 0.25) is 0 Å². The van der Waals surface area contributed by atoms with Crippen LogP contribution in [0.2, 0.25) is 5.02 Å². The van der Waals surface area contributed by atoms with E-state index in [2.05, 4.69) is 10.4 Å². The number of anilines is 1. The van der Waals surface area contributed by atoms with Gasteiger partial charge in [-0.1, -0.05) is 41.4 Å². The number of benzene rings is 2. The van der Waals surface area contributed by atoms with Gasteiger partial charge in [0.05, 0.1) is 0 Å². The summed E-state index contributed by atoms with van der Waals surface area (Å²) >= 11 is 5.94. The lowest BCUT2D eigenvalue weighted by Gasteiger charge is -2.08. The van der Waals surface area contributed by atoms with E-state index in [-0.39, 0.29) is 11.4 Å². The molecular formula is C20H18ClN3O3. The monoisotopic (exact) mass is 383 g/mol. The van der Waals surface area contributed by atoms with Crippen molar-refractivity contribution in [3.63, 3.8) is 0 Å². The predicted octanol–water partition coefficient (Wildman–Crippen LogP) is 4.48. The van der Waals surface area contributed by atoms with E-state index < -0.39 is 11.9 Å². The van der Waals surface area contributed by atoms with Crippen LogP contribution >= 0.6 is 11.6 Å². The van der Waals surface area contributed by atoms with Gasteiger partial charge in [-0.05, 0) is 38.1 Å². The van der Waals surface area contributed by atoms with E-state index in [1.165, 1.54) is 4.68 Å². The molecule has 6 nitrogen and oxygen atoms in total. The topological polar surface area (TPSA) is 84.2 Å². The number of hydrogen-bond acceptors (Lipinski definition) is 3. The first-order valence-electron chi connectivity index (χ1n) is 8.38. The Bertz CT molecular complexity index is 1010. The molecule has 27 heavy (non-hydrogen) atoms. The number of nitrogens with one attached hydrogen (secondary N) is 1. The van der Waals surface area contributed by atoms with Gasteiger partial charge in [0.1, 0.15) is 11.4 Å². The highest BCUT2D eigenvalue weighted by atomic mass is 35.5. The Kier molecular flexibility index (Phi) is 5.28. The van der Waals surface area contributed by atoms with Crippen LogP contribution in [0, 0.1) is 6.92 Å². The van der Waals surface area contributed by atoms with Crippen molar-refractivity contribution in [1.82, 2.24) is 9.78 Å². The Balaban J connectivity index is 2.11. The van der Waals surface area contributed by atoms with Crippen LogP contribution < -0.4 is 5.32 Å². The highest BCUT2D eigenvalue weighted by molar-refractivity contribution is 6.30. The van der Waals surface area contributed by atoms with Crippen LogP contribution in [0.4, 0.5) is 5.69 Å². The second-order valence-electron chi connectivity index (χ2n) is 6.02. The summed E-state index contributed by atoms with van der Waals surface area (Å²) in [5.41, 5.74) is 2.52. The first-order valence-corrected chi connectivity index (χ1v) is 8.76. The average molecular weight is 384 g/mol. The fourth-order valence-corrected chi connectivity index (χ4v) is 2.93. The molecule has 3 rings (SSSR count). The number of hydrogen-bond donors (Lipinski definition) is 2. The maximum Gasteiger partial charge on any atom is 0.356 e. The van der Waals surface area contributed by atoms with Crippen molar-refractivity contribution in [3.05, 3.63) is 70.4 Å². The third-order valence-electron chi connectivity index (χ3n) is 4.09. The molecule has 3 aromatic rings. The molecular weight excluding hydrogens is 366 g/mol. The quantitative estimate of drug-likeness (QED) is 0.680. The molecule has 1 aromatic heterocycles. The SMILES string of the molecule is CCn1nc(-c2ccc(Cl)cc2)c(NC(=O)c2cccc(C)c2)c1C(=O)O. The molecule has 0 unspecified atom stereocenters. The fraction of sp³-hybridized carbons (Fsp3) is 0.150. The Hall–Kier alpha value is -3.12. The van der Waals surface area contributed by atoms with Gasteiger partial charge < -0.3 is 10.4 Å². The van der Waals surface area contributed by atoms with Gasteiger partial charge in [-0.2, -0.15) is 5.10 Å². The summed E-state index contributed by atoms with van der Waals surface area (Å²) in [5.74, 6) is -1.56. The first-order chi connectivity index (χ1) is 12.9. The maximum absolute atomic E-state index is 12.7. The lowest BCUT2D eigenvalue weighted by molar-refractivity contribution is 0.0684. The minimum Gasteiger partial charge on any atom is -0.476 e. The molecule has 0 saturated heterocycles. The van der Waals surface area contributed by atoms with E-state index in [0.717, 1.165) is 5.56 Å². The van der Waals surface area contributed by atoms with Gasteiger partial charge in [-0.3, -0.25) is 9.48 Å². The van der Waals surface area contributed by atoms with Crippen LogP contribution in [-0.2, 0) is 6.54 Å². The van der Waals surface area contributed by atoms with Crippen molar-refractivity contribution in [3.8, 4) is 11.3 Å². The van der Waals surface area contributed by atoms with E-state index in [0.29, 0.717) is 28.4 Å². The molecule has 7 heteroatoms. The number of aromatic carboxylic acids is 1. The smallest absolute Gasteiger partial charge is 0.356 e. The van der Waals surface area contributed by atoms with Crippen LogP contribution in [-0.4, -0.2) is 26.8 Å². The lowest BCUT2D eigenvalue weighted by Crippen LogP contribution is -2.16. The zero-order valence-corrected chi connectivity index (χ0v) is 15.6. The molecule has 0 aliphatic heterocycles. The number of carbonyl (C=O) groups is 2. The first kappa shape index (κ1) is 18.7. The van der Waals surface area contributed by atoms with Gasteiger partial charge in [0.15, 0.2) is 5.69 Å². The summed E-state index contributed by atoms with van der Waals surface area (Å²) in [6, 6.07) is 13.9. The van der Waals surface area contributed by atoms with Gasteiger partial charge in [-0.15, -0.1) is 0 Å². The molecule has 2 N–H and O–H groups in total. The molecule has 0 aliphatic rings. The van der Waals surface area contributed by atoms with Crippen LogP contribution in [0.25, 0.3) is 11.3 Å². The van der Waals surface area contributed by atoms with Crippen molar-refractivity contribution >= 4 is 29.2 Å². The van der Waals surface area contributed by atoms with Crippen LogP contribution in [0.15, 0.2) is 48.5 Å². The van der Waals surface area contributed by atoms with Crippen LogP contribution in [0.1, 0.15) is 33.3 Å². The van der Waals surface area contributed by atoms with Gasteiger partial charge in [-0.25, -0.2) is 4.79 Å². The Morgan fingerprint density at radius 1 is 1.19 bits per heavy atom. The van der Waals surface area contributed by atoms with Gasteiger partial charge in [0, 0.05) is 22.7 Å². The molecule has 0 atom stereocenters. The van der Waals surface area contributed by atoms with Crippen molar-refractivity contribution < 1.29 is 14.7 Å². The number of nitrogens with zero attached hydrogens (tertiary/aromatic N) is 2. The van der Waals surface area contributed by atoms with E-state index in [1.807, 2.05) is 13.0 Å². The second-order valence-corrected chi connectivity index (χ2v) is 6.46. The van der Waals surface area contributed by atoms with Crippen molar-refractivity contribution in [2.75, 3.05) is 5.32 Å². The van der Waals surface area contributed by atoms with Crippen molar-refractivity contribution in [2.24, 2.45) is 0 Å². The summed E-state index contributed by atoms with van der Waals surface area (Å²) in [5, 5.41) is 17.4. The molecule has 0 spiro atoms. The highest BCUT2D eigenvalue weighted by Gasteiger charge is 2.25. The number of halogens is 1. The summed E-state index contributed by atoms with van der Waals surface area (Å²) < 4.78 is 1.36. The number of aryl methyl sites for hydroxylation is 2. The number of amides is 1. The van der Waals surface area contributed by atoms with E-state index >= 15 is 0 Å². The van der Waals surface area contributed by atoms with E-state index in [9.17, 15) is 14.7 Å². The van der Waals surface area contributed by atoms with Crippen LogP contribution in [0.5, 0.6) is 0 Å². The van der Waals surface area contributed by atoms with Gasteiger partial charge in [0.25, 0.3) is 5.91 Å². The maximum atomic E-state index is 12.7. The molecule has 1 amide bonds. The largest absolute Gasteiger partial charge is 0.476 e. The number of carbonyl (C=O) groups excluding carboxylic acids is 1. The van der Waals surface area contributed by atoms with Gasteiger partial charge >= 0.3 is 5.97 Å². The third-order valence-corrected chi connectivity index (χ3v) is 4.34. The molecule has 138 valence electrons. The van der Waals surface area contributed by atoms with E-state index in [1.54, 1.807) is 49.4 Å². The second kappa shape index (κ2) is 7.63. The molecule has 0 bridgehead atoms. The normalized spacial score (nSPS) is 10.6. The number of carboxylic acids is 1. The molecule has 0 fully saturated rings.